The van der Waals surface area contributed by atoms with Crippen LogP contribution in [0.4, 0.5) is 10.6 Å². The summed E-state index contributed by atoms with van der Waals surface area (Å²) >= 11 is 0. The van der Waals surface area contributed by atoms with Crippen molar-refractivity contribution in [2.24, 2.45) is 0 Å². The number of amides is 1. The molecule has 2 saturated heterocycles. The Kier molecular flexibility index (Phi) is 3.57. The molecule has 0 aliphatic carbocycles. The number of nitrogens with zero attached hydrogens (tertiary/aromatic N) is 4. The SMILES string of the molecule is CN1CCCC(c2cnc(N3C(=O)OCC3(C)C)cn2)C1. The third kappa shape index (κ3) is 2.72. The van der Waals surface area contributed by atoms with E-state index in [1.54, 1.807) is 17.3 Å². The highest BCUT2D eigenvalue weighted by molar-refractivity contribution is 5.89. The smallest absolute Gasteiger partial charge is 0.416 e. The molecule has 0 bridgehead atoms. The zero-order valence-corrected chi connectivity index (χ0v) is 12.9. The monoisotopic (exact) mass is 290 g/mol. The Bertz CT molecular complexity index is 529. The molecule has 1 atom stereocenters. The molecule has 1 aromatic rings. The standard InChI is InChI=1S/C15H22N4O2/c1-15(2)10-21-14(20)19(15)13-8-16-12(7-17-13)11-5-4-6-18(3)9-11/h7-8,11H,4-6,9-10H2,1-3H3. The van der Waals surface area contributed by atoms with Crippen molar-refractivity contribution in [1.82, 2.24) is 14.9 Å². The van der Waals surface area contributed by atoms with Gasteiger partial charge in [0.15, 0.2) is 5.82 Å². The predicted octanol–water partition coefficient (Wildman–Crippen LogP) is 2.02. The Hall–Kier alpha value is -1.69. The van der Waals surface area contributed by atoms with Crippen molar-refractivity contribution in [2.75, 3.05) is 31.6 Å². The number of rotatable bonds is 2. The van der Waals surface area contributed by atoms with E-state index in [2.05, 4.69) is 21.9 Å². The Morgan fingerprint density at radius 2 is 2.14 bits per heavy atom. The Morgan fingerprint density at radius 1 is 1.33 bits per heavy atom. The van der Waals surface area contributed by atoms with Crippen LogP contribution in [0.2, 0.25) is 0 Å². The van der Waals surface area contributed by atoms with Gasteiger partial charge in [-0.05, 0) is 40.3 Å². The molecular formula is C15H22N4O2. The van der Waals surface area contributed by atoms with Gasteiger partial charge in [0.2, 0.25) is 0 Å². The molecule has 0 spiro atoms. The number of hydrogen-bond acceptors (Lipinski definition) is 5. The average Bonchev–Trinajstić information content (AvgIpc) is 2.73. The molecule has 0 saturated carbocycles. The Balaban J connectivity index is 1.79. The summed E-state index contributed by atoms with van der Waals surface area (Å²) in [6.07, 6.45) is 5.49. The van der Waals surface area contributed by atoms with Gasteiger partial charge in [-0.15, -0.1) is 0 Å². The zero-order chi connectivity index (χ0) is 15.0. The summed E-state index contributed by atoms with van der Waals surface area (Å²) in [6, 6.07) is 0. The van der Waals surface area contributed by atoms with E-state index in [9.17, 15) is 4.79 Å². The number of carbonyl (C=O) groups excluding carboxylic acids is 1. The number of carbonyl (C=O) groups is 1. The van der Waals surface area contributed by atoms with Crippen LogP contribution in [0, 0.1) is 0 Å². The quantitative estimate of drug-likeness (QED) is 0.834. The van der Waals surface area contributed by atoms with Gasteiger partial charge in [-0.2, -0.15) is 0 Å². The normalized spacial score (nSPS) is 26.0. The van der Waals surface area contributed by atoms with Gasteiger partial charge in [0.25, 0.3) is 0 Å². The lowest BCUT2D eigenvalue weighted by Gasteiger charge is -2.30. The van der Waals surface area contributed by atoms with E-state index >= 15 is 0 Å². The molecule has 2 fully saturated rings. The van der Waals surface area contributed by atoms with Crippen molar-refractivity contribution >= 4 is 11.9 Å². The summed E-state index contributed by atoms with van der Waals surface area (Å²) in [4.78, 5) is 24.7. The molecule has 3 rings (SSSR count). The molecule has 1 aromatic heterocycles. The lowest BCUT2D eigenvalue weighted by molar-refractivity contribution is 0.175. The van der Waals surface area contributed by atoms with E-state index in [0.717, 1.165) is 25.2 Å². The van der Waals surface area contributed by atoms with E-state index in [4.69, 9.17) is 4.74 Å². The predicted molar refractivity (Wildman–Crippen MR) is 79.4 cm³/mol. The van der Waals surface area contributed by atoms with Crippen LogP contribution in [0.1, 0.15) is 38.3 Å². The number of ether oxygens (including phenoxy) is 1. The molecule has 6 heteroatoms. The minimum absolute atomic E-state index is 0.348. The van der Waals surface area contributed by atoms with Crippen molar-refractivity contribution in [2.45, 2.75) is 38.1 Å². The Labute approximate surface area is 125 Å². The van der Waals surface area contributed by atoms with Crippen molar-refractivity contribution in [1.29, 1.82) is 0 Å². The third-order valence-electron chi connectivity index (χ3n) is 4.27. The summed E-state index contributed by atoms with van der Waals surface area (Å²) in [7, 11) is 2.14. The number of piperidine rings is 1. The van der Waals surface area contributed by atoms with Crippen molar-refractivity contribution in [3.63, 3.8) is 0 Å². The van der Waals surface area contributed by atoms with E-state index in [1.165, 1.54) is 6.42 Å². The lowest BCUT2D eigenvalue weighted by atomic mass is 9.95. The summed E-state index contributed by atoms with van der Waals surface area (Å²) in [5, 5.41) is 0. The molecule has 0 radical (unpaired) electrons. The summed E-state index contributed by atoms with van der Waals surface area (Å²) < 4.78 is 5.11. The molecule has 1 unspecified atom stereocenters. The lowest BCUT2D eigenvalue weighted by Crippen LogP contribution is -2.42. The van der Waals surface area contributed by atoms with Crippen molar-refractivity contribution in [3.8, 4) is 0 Å². The van der Waals surface area contributed by atoms with Gasteiger partial charge >= 0.3 is 6.09 Å². The van der Waals surface area contributed by atoms with E-state index in [1.807, 2.05) is 13.8 Å². The van der Waals surface area contributed by atoms with Gasteiger partial charge < -0.3 is 9.64 Å². The van der Waals surface area contributed by atoms with Crippen LogP contribution in [0.25, 0.3) is 0 Å². The maximum absolute atomic E-state index is 11.8. The van der Waals surface area contributed by atoms with Crippen LogP contribution in [0.15, 0.2) is 12.4 Å². The molecule has 1 amide bonds. The summed E-state index contributed by atoms with van der Waals surface area (Å²) in [5.41, 5.74) is 0.633. The minimum Gasteiger partial charge on any atom is -0.447 e. The number of likely N-dealkylation sites (N-methyl/N-ethyl adjacent to an activating group) is 1. The molecular weight excluding hydrogens is 268 g/mol. The van der Waals surface area contributed by atoms with E-state index in [0.29, 0.717) is 18.3 Å². The highest BCUT2D eigenvalue weighted by atomic mass is 16.6. The third-order valence-corrected chi connectivity index (χ3v) is 4.27. The van der Waals surface area contributed by atoms with E-state index in [-0.39, 0.29) is 11.6 Å². The maximum Gasteiger partial charge on any atom is 0.416 e. The molecule has 0 aromatic carbocycles. The first-order chi connectivity index (χ1) is 9.97. The zero-order valence-electron chi connectivity index (χ0n) is 12.9. The molecule has 2 aliphatic rings. The summed E-state index contributed by atoms with van der Waals surface area (Å²) in [5.74, 6) is 0.999. The number of aromatic nitrogens is 2. The minimum atomic E-state index is -0.377. The van der Waals surface area contributed by atoms with Gasteiger partial charge in [-0.3, -0.25) is 9.88 Å². The van der Waals surface area contributed by atoms with Crippen LogP contribution in [0.5, 0.6) is 0 Å². The van der Waals surface area contributed by atoms with E-state index < -0.39 is 0 Å². The average molecular weight is 290 g/mol. The second-order valence-electron chi connectivity index (χ2n) is 6.60. The van der Waals surface area contributed by atoms with Crippen molar-refractivity contribution in [3.05, 3.63) is 18.1 Å². The fourth-order valence-corrected chi connectivity index (χ4v) is 3.08. The second kappa shape index (κ2) is 5.26. The second-order valence-corrected chi connectivity index (χ2v) is 6.60. The number of likely N-dealkylation sites (tertiary alicyclic amines) is 1. The Morgan fingerprint density at radius 3 is 2.71 bits per heavy atom. The molecule has 2 aliphatic heterocycles. The van der Waals surface area contributed by atoms with Gasteiger partial charge in [0.1, 0.15) is 6.61 Å². The van der Waals surface area contributed by atoms with Crippen LogP contribution in [-0.4, -0.2) is 53.2 Å². The van der Waals surface area contributed by atoms with Gasteiger partial charge in [0.05, 0.1) is 23.6 Å². The molecule has 21 heavy (non-hydrogen) atoms. The fourth-order valence-electron chi connectivity index (χ4n) is 3.08. The molecule has 114 valence electrons. The van der Waals surface area contributed by atoms with Crippen LogP contribution in [0.3, 0.4) is 0 Å². The topological polar surface area (TPSA) is 58.6 Å². The highest BCUT2D eigenvalue weighted by Crippen LogP contribution is 2.30. The van der Waals surface area contributed by atoms with Gasteiger partial charge in [-0.25, -0.2) is 9.78 Å². The molecule has 6 nitrogen and oxygen atoms in total. The number of hydrogen-bond donors (Lipinski definition) is 0. The first-order valence-electron chi connectivity index (χ1n) is 7.45. The van der Waals surface area contributed by atoms with Crippen LogP contribution in [-0.2, 0) is 4.74 Å². The summed E-state index contributed by atoms with van der Waals surface area (Å²) in [6.45, 7) is 6.47. The maximum atomic E-state index is 11.8. The highest BCUT2D eigenvalue weighted by Gasteiger charge is 2.42. The number of anilines is 1. The van der Waals surface area contributed by atoms with Gasteiger partial charge in [0, 0.05) is 12.5 Å². The van der Waals surface area contributed by atoms with Crippen LogP contribution >= 0.6 is 0 Å². The van der Waals surface area contributed by atoms with Crippen molar-refractivity contribution < 1.29 is 9.53 Å². The molecule has 0 N–H and O–H groups in total. The fraction of sp³-hybridized carbons (Fsp3) is 0.667. The molecule has 3 heterocycles. The first-order valence-corrected chi connectivity index (χ1v) is 7.45. The van der Waals surface area contributed by atoms with Gasteiger partial charge in [-0.1, -0.05) is 0 Å². The first kappa shape index (κ1) is 14.3. The largest absolute Gasteiger partial charge is 0.447 e. The van der Waals surface area contributed by atoms with Crippen LogP contribution < -0.4 is 4.90 Å². The number of cyclic esters (lactones) is 1.